The number of hydrogen-bond donors (Lipinski definition) is 1. The summed E-state index contributed by atoms with van der Waals surface area (Å²) in [6, 6.07) is 8.08. The number of nitrogens with zero attached hydrogens (tertiary/aromatic N) is 4. The first-order chi connectivity index (χ1) is 14.1. The Morgan fingerprint density at radius 1 is 1.24 bits per heavy atom. The van der Waals surface area contributed by atoms with Gasteiger partial charge < -0.3 is 4.90 Å². The highest BCUT2D eigenvalue weighted by molar-refractivity contribution is 7.14. The predicted octanol–water partition coefficient (Wildman–Crippen LogP) is 4.35. The molecule has 0 aliphatic carbocycles. The average molecular weight is 432 g/mol. The van der Waals surface area contributed by atoms with E-state index in [1.165, 1.54) is 23.5 Å². The van der Waals surface area contributed by atoms with Crippen LogP contribution in [0.15, 0.2) is 48.1 Å². The Bertz CT molecular complexity index is 992. The second-order valence-electron chi connectivity index (χ2n) is 6.71. The number of pyridine rings is 1. The second kappa shape index (κ2) is 8.86. The molecule has 0 atom stereocenters. The molecule has 0 saturated carbocycles. The number of amides is 2. The minimum atomic E-state index is -0.339. The smallest absolute Gasteiger partial charge is 0.322 e. The lowest BCUT2D eigenvalue weighted by molar-refractivity contribution is 0.143. The number of thiazole rings is 1. The maximum absolute atomic E-state index is 13.2. The number of rotatable bonds is 4. The van der Waals surface area contributed by atoms with Gasteiger partial charge in [-0.3, -0.25) is 15.2 Å². The standard InChI is InChI=1S/C20H19ClFN5OS/c21-17-10-16(22)4-3-15(17)12-26-6-8-27(9-7-26)20(28)25-19-24-18(13-29-19)14-2-1-5-23-11-14/h1-5,10-11,13H,6-9,12H2,(H,24,25,28). The van der Waals surface area contributed by atoms with Gasteiger partial charge >= 0.3 is 6.03 Å². The highest BCUT2D eigenvalue weighted by atomic mass is 35.5. The molecular formula is C20H19ClFN5OS. The molecule has 2 amide bonds. The summed E-state index contributed by atoms with van der Waals surface area (Å²) in [5.74, 6) is -0.339. The minimum Gasteiger partial charge on any atom is -0.322 e. The van der Waals surface area contributed by atoms with E-state index in [0.29, 0.717) is 29.8 Å². The molecule has 0 unspecified atom stereocenters. The highest BCUT2D eigenvalue weighted by Crippen LogP contribution is 2.24. The summed E-state index contributed by atoms with van der Waals surface area (Å²) in [6.45, 7) is 3.28. The van der Waals surface area contributed by atoms with Crippen molar-refractivity contribution >= 4 is 34.1 Å². The lowest BCUT2D eigenvalue weighted by atomic mass is 10.2. The van der Waals surface area contributed by atoms with Crippen LogP contribution in [0.2, 0.25) is 5.02 Å². The van der Waals surface area contributed by atoms with Crippen LogP contribution in [0.25, 0.3) is 11.3 Å². The number of anilines is 1. The van der Waals surface area contributed by atoms with E-state index in [1.54, 1.807) is 23.4 Å². The molecule has 0 bridgehead atoms. The molecule has 1 aromatic carbocycles. The molecule has 9 heteroatoms. The Kier molecular flexibility index (Phi) is 6.03. The molecule has 29 heavy (non-hydrogen) atoms. The van der Waals surface area contributed by atoms with Gasteiger partial charge in [0.25, 0.3) is 0 Å². The van der Waals surface area contributed by atoms with E-state index in [1.807, 2.05) is 17.5 Å². The number of carbonyl (C=O) groups is 1. The van der Waals surface area contributed by atoms with Crippen molar-refractivity contribution < 1.29 is 9.18 Å². The number of benzene rings is 1. The van der Waals surface area contributed by atoms with Gasteiger partial charge in [0.15, 0.2) is 5.13 Å². The Labute approximate surface area is 177 Å². The molecule has 2 aromatic heterocycles. The zero-order chi connectivity index (χ0) is 20.2. The van der Waals surface area contributed by atoms with Crippen LogP contribution in [0.1, 0.15) is 5.56 Å². The first-order valence-corrected chi connectivity index (χ1v) is 10.4. The fourth-order valence-corrected chi connectivity index (χ4v) is 4.08. The molecule has 1 N–H and O–H groups in total. The summed E-state index contributed by atoms with van der Waals surface area (Å²) in [4.78, 5) is 25.1. The summed E-state index contributed by atoms with van der Waals surface area (Å²) in [7, 11) is 0. The predicted molar refractivity (Wildman–Crippen MR) is 113 cm³/mol. The van der Waals surface area contributed by atoms with Crippen molar-refractivity contribution in [3.63, 3.8) is 0 Å². The van der Waals surface area contributed by atoms with Gasteiger partial charge in [-0.25, -0.2) is 14.2 Å². The van der Waals surface area contributed by atoms with E-state index in [4.69, 9.17) is 11.6 Å². The Morgan fingerprint density at radius 3 is 2.79 bits per heavy atom. The van der Waals surface area contributed by atoms with Crippen molar-refractivity contribution in [1.29, 1.82) is 0 Å². The van der Waals surface area contributed by atoms with E-state index in [0.717, 1.165) is 29.9 Å². The fourth-order valence-electron chi connectivity index (χ4n) is 3.15. The molecule has 0 spiro atoms. The van der Waals surface area contributed by atoms with E-state index in [-0.39, 0.29) is 11.8 Å². The lowest BCUT2D eigenvalue weighted by Crippen LogP contribution is -2.49. The number of carbonyl (C=O) groups excluding carboxylic acids is 1. The average Bonchev–Trinajstić information content (AvgIpc) is 3.20. The zero-order valence-electron chi connectivity index (χ0n) is 15.5. The van der Waals surface area contributed by atoms with Crippen LogP contribution < -0.4 is 5.32 Å². The van der Waals surface area contributed by atoms with Crippen molar-refractivity contribution in [3.05, 3.63) is 64.5 Å². The third-order valence-corrected chi connectivity index (χ3v) is 5.85. The Balaban J connectivity index is 1.30. The molecule has 6 nitrogen and oxygen atoms in total. The molecule has 1 aliphatic rings. The van der Waals surface area contributed by atoms with E-state index >= 15 is 0 Å². The summed E-state index contributed by atoms with van der Waals surface area (Å²) in [5.41, 5.74) is 2.59. The normalized spacial score (nSPS) is 14.8. The quantitative estimate of drug-likeness (QED) is 0.667. The van der Waals surface area contributed by atoms with Crippen molar-refractivity contribution in [1.82, 2.24) is 19.8 Å². The molecule has 1 saturated heterocycles. The third-order valence-electron chi connectivity index (χ3n) is 4.74. The number of urea groups is 1. The summed E-state index contributed by atoms with van der Waals surface area (Å²) >= 11 is 7.50. The van der Waals surface area contributed by atoms with Gasteiger partial charge in [-0.2, -0.15) is 0 Å². The van der Waals surface area contributed by atoms with Gasteiger partial charge in [-0.05, 0) is 29.8 Å². The third kappa shape index (κ3) is 4.90. The minimum absolute atomic E-state index is 0.156. The van der Waals surface area contributed by atoms with Gasteiger partial charge in [-0.15, -0.1) is 11.3 Å². The van der Waals surface area contributed by atoms with Crippen LogP contribution in [-0.4, -0.2) is 52.0 Å². The molecule has 150 valence electrons. The number of aromatic nitrogens is 2. The highest BCUT2D eigenvalue weighted by Gasteiger charge is 2.22. The molecule has 4 rings (SSSR count). The molecule has 3 aromatic rings. The van der Waals surface area contributed by atoms with E-state index < -0.39 is 0 Å². The topological polar surface area (TPSA) is 61.4 Å². The first-order valence-electron chi connectivity index (χ1n) is 9.16. The Morgan fingerprint density at radius 2 is 2.07 bits per heavy atom. The molecule has 1 aliphatic heterocycles. The molecule has 1 fully saturated rings. The lowest BCUT2D eigenvalue weighted by Gasteiger charge is -2.34. The zero-order valence-corrected chi connectivity index (χ0v) is 17.1. The molecule has 0 radical (unpaired) electrons. The van der Waals surface area contributed by atoms with Gasteiger partial charge in [-0.1, -0.05) is 17.7 Å². The van der Waals surface area contributed by atoms with Gasteiger partial charge in [0.1, 0.15) is 5.82 Å². The number of halogens is 2. The SMILES string of the molecule is O=C(Nc1nc(-c2cccnc2)cs1)N1CCN(Cc2ccc(F)cc2Cl)CC1. The second-order valence-corrected chi connectivity index (χ2v) is 7.97. The summed E-state index contributed by atoms with van der Waals surface area (Å²) in [5, 5.41) is 5.77. The van der Waals surface area contributed by atoms with Crippen molar-refractivity contribution in [2.75, 3.05) is 31.5 Å². The molecule has 3 heterocycles. The first kappa shape index (κ1) is 19.8. The largest absolute Gasteiger partial charge is 0.323 e. The fraction of sp³-hybridized carbons (Fsp3) is 0.250. The summed E-state index contributed by atoms with van der Waals surface area (Å²) in [6.07, 6.45) is 3.45. The van der Waals surface area contributed by atoms with E-state index in [9.17, 15) is 9.18 Å². The van der Waals surface area contributed by atoms with Crippen molar-refractivity contribution in [2.24, 2.45) is 0 Å². The van der Waals surface area contributed by atoms with Crippen LogP contribution >= 0.6 is 22.9 Å². The van der Waals surface area contributed by atoms with Gasteiger partial charge in [0, 0.05) is 61.1 Å². The Hall–Kier alpha value is -2.55. The summed E-state index contributed by atoms with van der Waals surface area (Å²) < 4.78 is 13.2. The van der Waals surface area contributed by atoms with Crippen LogP contribution in [0.5, 0.6) is 0 Å². The maximum Gasteiger partial charge on any atom is 0.323 e. The van der Waals surface area contributed by atoms with Crippen molar-refractivity contribution in [3.8, 4) is 11.3 Å². The van der Waals surface area contributed by atoms with Crippen LogP contribution in [0.4, 0.5) is 14.3 Å². The van der Waals surface area contributed by atoms with Crippen LogP contribution in [0, 0.1) is 5.82 Å². The van der Waals surface area contributed by atoms with Crippen LogP contribution in [-0.2, 0) is 6.54 Å². The van der Waals surface area contributed by atoms with Crippen molar-refractivity contribution in [2.45, 2.75) is 6.54 Å². The van der Waals surface area contributed by atoms with Gasteiger partial charge in [0.2, 0.25) is 0 Å². The molecular weight excluding hydrogens is 413 g/mol. The number of nitrogens with one attached hydrogen (secondary N) is 1. The van der Waals surface area contributed by atoms with Gasteiger partial charge in [0.05, 0.1) is 5.69 Å². The maximum atomic E-state index is 13.2. The number of piperazine rings is 1. The van der Waals surface area contributed by atoms with Crippen LogP contribution in [0.3, 0.4) is 0 Å². The monoisotopic (exact) mass is 431 g/mol. The van der Waals surface area contributed by atoms with E-state index in [2.05, 4.69) is 20.2 Å². The number of hydrogen-bond acceptors (Lipinski definition) is 5.